The van der Waals surface area contributed by atoms with Crippen LogP contribution in [0.25, 0.3) is 0 Å². The van der Waals surface area contributed by atoms with Crippen molar-refractivity contribution in [2.45, 2.75) is 31.0 Å². The zero-order chi connectivity index (χ0) is 18.7. The molecule has 0 radical (unpaired) electrons. The standard InChI is InChI=1S/C15H18F3NO5S/c1-2-23-14(20)11-4-3-9-19(10-11)25(21,22)13-7-5-12(6-8-13)24-15(16,17)18/h5-8,11H,2-4,9-10H2,1H3. The minimum atomic E-state index is -4.85. The Morgan fingerprint density at radius 3 is 2.48 bits per heavy atom. The van der Waals surface area contributed by atoms with Gasteiger partial charge in [-0.1, -0.05) is 0 Å². The summed E-state index contributed by atoms with van der Waals surface area (Å²) in [6.07, 6.45) is -3.82. The molecule has 0 bridgehead atoms. The molecule has 140 valence electrons. The number of benzene rings is 1. The van der Waals surface area contributed by atoms with Gasteiger partial charge in [-0.3, -0.25) is 4.79 Å². The van der Waals surface area contributed by atoms with Gasteiger partial charge in [0.1, 0.15) is 5.75 Å². The highest BCUT2D eigenvalue weighted by atomic mass is 32.2. The first kappa shape index (κ1) is 19.5. The Bertz CT molecular complexity index is 703. The van der Waals surface area contributed by atoms with Gasteiger partial charge in [-0.2, -0.15) is 4.31 Å². The van der Waals surface area contributed by atoms with Crippen molar-refractivity contribution in [3.63, 3.8) is 0 Å². The SMILES string of the molecule is CCOC(=O)C1CCCN(S(=O)(=O)c2ccc(OC(F)(F)F)cc2)C1. The molecular formula is C15H18F3NO5S. The third kappa shape index (κ3) is 5.08. The van der Waals surface area contributed by atoms with Gasteiger partial charge in [0.25, 0.3) is 0 Å². The third-order valence-electron chi connectivity index (χ3n) is 3.70. The van der Waals surface area contributed by atoms with E-state index in [-0.39, 0.29) is 24.6 Å². The summed E-state index contributed by atoms with van der Waals surface area (Å²) >= 11 is 0. The number of ether oxygens (including phenoxy) is 2. The second-order valence-corrected chi connectivity index (χ2v) is 7.41. The monoisotopic (exact) mass is 381 g/mol. The Morgan fingerprint density at radius 1 is 1.28 bits per heavy atom. The van der Waals surface area contributed by atoms with Crippen molar-refractivity contribution in [1.82, 2.24) is 4.31 Å². The molecule has 1 aromatic carbocycles. The molecule has 1 unspecified atom stereocenters. The zero-order valence-electron chi connectivity index (χ0n) is 13.5. The molecule has 0 amide bonds. The molecule has 10 heteroatoms. The molecule has 1 aromatic rings. The maximum absolute atomic E-state index is 12.6. The van der Waals surface area contributed by atoms with Crippen LogP contribution in [0.2, 0.25) is 0 Å². The summed E-state index contributed by atoms with van der Waals surface area (Å²) in [5, 5.41) is 0. The summed E-state index contributed by atoms with van der Waals surface area (Å²) in [6, 6.07) is 3.97. The van der Waals surface area contributed by atoms with Crippen molar-refractivity contribution in [2.24, 2.45) is 5.92 Å². The molecular weight excluding hydrogens is 363 g/mol. The molecule has 0 aromatic heterocycles. The molecule has 6 nitrogen and oxygen atoms in total. The number of esters is 1. The van der Waals surface area contributed by atoms with E-state index in [1.165, 1.54) is 0 Å². The summed E-state index contributed by atoms with van der Waals surface area (Å²) in [5.74, 6) is -1.50. The van der Waals surface area contributed by atoms with Gasteiger partial charge < -0.3 is 9.47 Å². The highest BCUT2D eigenvalue weighted by Gasteiger charge is 2.34. The zero-order valence-corrected chi connectivity index (χ0v) is 14.3. The van der Waals surface area contributed by atoms with Crippen LogP contribution >= 0.6 is 0 Å². The molecule has 1 saturated heterocycles. The summed E-state index contributed by atoms with van der Waals surface area (Å²) in [7, 11) is -3.92. The predicted octanol–water partition coefficient (Wildman–Crippen LogP) is 2.55. The average Bonchev–Trinajstić information content (AvgIpc) is 2.54. The summed E-state index contributed by atoms with van der Waals surface area (Å²) in [4.78, 5) is 11.7. The second-order valence-electron chi connectivity index (χ2n) is 5.47. The molecule has 2 rings (SSSR count). The second kappa shape index (κ2) is 7.61. The van der Waals surface area contributed by atoms with Crippen LogP contribution in [0.5, 0.6) is 5.75 Å². The van der Waals surface area contributed by atoms with E-state index in [9.17, 15) is 26.4 Å². The minimum absolute atomic E-state index is 0.0119. The fraction of sp³-hybridized carbons (Fsp3) is 0.533. The van der Waals surface area contributed by atoms with E-state index in [0.717, 1.165) is 28.6 Å². The van der Waals surface area contributed by atoms with Crippen molar-refractivity contribution in [2.75, 3.05) is 19.7 Å². The molecule has 1 atom stereocenters. The Hall–Kier alpha value is -1.81. The Labute approximate surface area is 143 Å². The molecule has 0 N–H and O–H groups in total. The number of sulfonamides is 1. The molecule has 0 aliphatic carbocycles. The van der Waals surface area contributed by atoms with Crippen LogP contribution in [0.4, 0.5) is 13.2 Å². The predicted molar refractivity (Wildman–Crippen MR) is 81.2 cm³/mol. The lowest BCUT2D eigenvalue weighted by molar-refractivity contribution is -0.274. The highest BCUT2D eigenvalue weighted by Crippen LogP contribution is 2.27. The molecule has 25 heavy (non-hydrogen) atoms. The van der Waals surface area contributed by atoms with Crippen LogP contribution in [0.1, 0.15) is 19.8 Å². The number of piperidine rings is 1. The largest absolute Gasteiger partial charge is 0.573 e. The molecule has 1 heterocycles. The van der Waals surface area contributed by atoms with Gasteiger partial charge in [0.2, 0.25) is 10.0 Å². The quantitative estimate of drug-likeness (QED) is 0.733. The molecule has 1 aliphatic heterocycles. The van der Waals surface area contributed by atoms with Gasteiger partial charge in [-0.25, -0.2) is 8.42 Å². The van der Waals surface area contributed by atoms with Crippen molar-refractivity contribution >= 4 is 16.0 Å². The number of hydrogen-bond donors (Lipinski definition) is 0. The summed E-state index contributed by atoms with van der Waals surface area (Å²) in [5.41, 5.74) is 0. The number of carbonyl (C=O) groups excluding carboxylic acids is 1. The fourth-order valence-corrected chi connectivity index (χ4v) is 4.10. The third-order valence-corrected chi connectivity index (χ3v) is 5.58. The van der Waals surface area contributed by atoms with E-state index in [2.05, 4.69) is 4.74 Å². The van der Waals surface area contributed by atoms with Crippen molar-refractivity contribution in [3.05, 3.63) is 24.3 Å². The number of alkyl halides is 3. The number of carbonyl (C=O) groups is 1. The summed E-state index contributed by atoms with van der Waals surface area (Å²) < 4.78 is 71.5. The Morgan fingerprint density at radius 2 is 1.92 bits per heavy atom. The number of hydrogen-bond acceptors (Lipinski definition) is 5. The van der Waals surface area contributed by atoms with Crippen LogP contribution in [-0.2, 0) is 19.6 Å². The maximum Gasteiger partial charge on any atom is 0.573 e. The average molecular weight is 381 g/mol. The number of halogens is 3. The normalized spacial score (nSPS) is 19.4. The molecule has 0 saturated carbocycles. The van der Waals surface area contributed by atoms with Crippen molar-refractivity contribution in [1.29, 1.82) is 0 Å². The van der Waals surface area contributed by atoms with Crippen molar-refractivity contribution < 1.29 is 35.9 Å². The van der Waals surface area contributed by atoms with E-state index in [0.29, 0.717) is 12.8 Å². The lowest BCUT2D eigenvalue weighted by Gasteiger charge is -2.30. The topological polar surface area (TPSA) is 72.9 Å². The van der Waals surface area contributed by atoms with Gasteiger partial charge in [-0.15, -0.1) is 13.2 Å². The van der Waals surface area contributed by atoms with Gasteiger partial charge in [-0.05, 0) is 44.0 Å². The van der Waals surface area contributed by atoms with E-state index >= 15 is 0 Å². The van der Waals surface area contributed by atoms with Gasteiger partial charge in [0.15, 0.2) is 0 Å². The van der Waals surface area contributed by atoms with Crippen molar-refractivity contribution in [3.8, 4) is 5.75 Å². The maximum atomic E-state index is 12.6. The van der Waals surface area contributed by atoms with Crippen LogP contribution < -0.4 is 4.74 Å². The van der Waals surface area contributed by atoms with E-state index in [1.807, 2.05) is 0 Å². The summed E-state index contributed by atoms with van der Waals surface area (Å²) in [6.45, 7) is 2.10. The van der Waals surface area contributed by atoms with Gasteiger partial charge in [0.05, 0.1) is 17.4 Å². The smallest absolute Gasteiger partial charge is 0.466 e. The van der Waals surface area contributed by atoms with Crippen LogP contribution in [-0.4, -0.2) is 44.8 Å². The highest BCUT2D eigenvalue weighted by molar-refractivity contribution is 7.89. The number of rotatable bonds is 5. The van der Waals surface area contributed by atoms with Gasteiger partial charge in [0, 0.05) is 13.1 Å². The first-order valence-electron chi connectivity index (χ1n) is 7.66. The first-order valence-corrected chi connectivity index (χ1v) is 9.10. The van der Waals surface area contributed by atoms with Gasteiger partial charge >= 0.3 is 12.3 Å². The van der Waals surface area contributed by atoms with Crippen LogP contribution in [0, 0.1) is 5.92 Å². The van der Waals surface area contributed by atoms with E-state index in [1.54, 1.807) is 6.92 Å². The molecule has 0 spiro atoms. The number of nitrogens with zero attached hydrogens (tertiary/aromatic N) is 1. The minimum Gasteiger partial charge on any atom is -0.466 e. The first-order chi connectivity index (χ1) is 11.6. The molecule has 1 fully saturated rings. The lowest BCUT2D eigenvalue weighted by Crippen LogP contribution is -2.42. The lowest BCUT2D eigenvalue weighted by atomic mass is 10.0. The van der Waals surface area contributed by atoms with Crippen LogP contribution in [0.15, 0.2) is 29.2 Å². The van der Waals surface area contributed by atoms with E-state index in [4.69, 9.17) is 4.74 Å². The Balaban J connectivity index is 2.13. The van der Waals surface area contributed by atoms with Crippen LogP contribution in [0.3, 0.4) is 0 Å². The van der Waals surface area contributed by atoms with E-state index < -0.39 is 34.0 Å². The Kier molecular flexibility index (Phi) is 5.94. The molecule has 1 aliphatic rings. The fourth-order valence-electron chi connectivity index (χ4n) is 2.58.